The molecule has 1 aromatic heterocycles. The fourth-order valence-corrected chi connectivity index (χ4v) is 2.31. The summed E-state index contributed by atoms with van der Waals surface area (Å²) in [5, 5.41) is 10.3. The highest BCUT2D eigenvalue weighted by molar-refractivity contribution is 7.99. The summed E-state index contributed by atoms with van der Waals surface area (Å²) in [7, 11) is 1.47. The van der Waals surface area contributed by atoms with Crippen molar-refractivity contribution < 1.29 is 17.9 Å². The zero-order valence-corrected chi connectivity index (χ0v) is 13.9. The van der Waals surface area contributed by atoms with Crippen LogP contribution in [0.4, 0.5) is 19.0 Å². The van der Waals surface area contributed by atoms with Crippen LogP contribution in [0.2, 0.25) is 0 Å². The second-order valence-electron chi connectivity index (χ2n) is 4.60. The number of rotatable bonds is 8. The topological polar surface area (TPSA) is 109 Å². The molecule has 0 atom stereocenters. The van der Waals surface area contributed by atoms with Gasteiger partial charge >= 0.3 is 6.18 Å². The van der Waals surface area contributed by atoms with Crippen molar-refractivity contribution in [1.29, 1.82) is 5.41 Å². The van der Waals surface area contributed by atoms with Crippen LogP contribution < -0.4 is 11.1 Å². The third kappa shape index (κ3) is 9.18. The highest BCUT2D eigenvalue weighted by atomic mass is 32.2. The first-order valence-electron chi connectivity index (χ1n) is 7.01. The molecule has 0 aliphatic heterocycles. The van der Waals surface area contributed by atoms with E-state index in [1.54, 1.807) is 0 Å². The monoisotopic (exact) mass is 364 g/mol. The summed E-state index contributed by atoms with van der Waals surface area (Å²) in [5.41, 5.74) is 5.38. The minimum atomic E-state index is -4.40. The number of methoxy groups -OCH3 is 1. The molecular weight excluding hydrogens is 345 g/mol. The van der Waals surface area contributed by atoms with E-state index in [1.807, 2.05) is 0 Å². The van der Waals surface area contributed by atoms with E-state index in [2.05, 4.69) is 20.3 Å². The average Bonchev–Trinajstić information content (AvgIpc) is 2.52. The van der Waals surface area contributed by atoms with Crippen LogP contribution in [0.1, 0.15) is 19.3 Å². The number of alkyl halides is 3. The number of thioether (sulfide) groups is 1. The maximum Gasteiger partial charge on any atom is 0.408 e. The second kappa shape index (κ2) is 9.96. The van der Waals surface area contributed by atoms with E-state index in [-0.39, 0.29) is 17.7 Å². The number of unbranched alkanes of at least 4 members (excludes halogenated alkanes) is 1. The van der Waals surface area contributed by atoms with Gasteiger partial charge in [-0.2, -0.15) is 13.2 Å². The molecule has 1 aromatic rings. The molecule has 1 rings (SSSR count). The summed E-state index contributed by atoms with van der Waals surface area (Å²) < 4.78 is 40.9. The normalized spacial score (nSPS) is 12.1. The van der Waals surface area contributed by atoms with Gasteiger partial charge in [-0.15, -0.1) is 0 Å². The highest BCUT2D eigenvalue weighted by Gasteiger charge is 2.26. The molecule has 0 unspecified atom stereocenters. The first-order valence-corrected chi connectivity index (χ1v) is 7.99. The zero-order chi connectivity index (χ0) is 18.0. The predicted octanol–water partition coefficient (Wildman–Crippen LogP) is 2.65. The summed E-state index contributed by atoms with van der Waals surface area (Å²) >= 11 is 1.40. The molecule has 0 fully saturated rings. The Morgan fingerprint density at radius 3 is 2.88 bits per heavy atom. The van der Waals surface area contributed by atoms with E-state index < -0.39 is 12.7 Å². The van der Waals surface area contributed by atoms with Crippen molar-refractivity contribution in [2.45, 2.75) is 30.6 Å². The lowest BCUT2D eigenvalue weighted by Crippen LogP contribution is -2.26. The van der Waals surface area contributed by atoms with Crippen molar-refractivity contribution in [3.8, 4) is 0 Å². The number of aliphatic imine (C=N–C) groups is 1. The summed E-state index contributed by atoms with van der Waals surface area (Å²) in [4.78, 5) is 11.4. The Labute approximate surface area is 141 Å². The lowest BCUT2D eigenvalue weighted by atomic mass is 10.2. The quantitative estimate of drug-likeness (QED) is 0.215. The predicted molar refractivity (Wildman–Crippen MR) is 87.5 cm³/mol. The first-order chi connectivity index (χ1) is 11.3. The number of hydrogen-bond donors (Lipinski definition) is 3. The van der Waals surface area contributed by atoms with E-state index in [1.165, 1.54) is 31.1 Å². The minimum absolute atomic E-state index is 0.246. The number of hydrogen-bond acceptors (Lipinski definition) is 6. The van der Waals surface area contributed by atoms with Crippen molar-refractivity contribution in [2.24, 2.45) is 10.7 Å². The fraction of sp³-hybridized carbons (Fsp3) is 0.538. The molecule has 7 nitrogen and oxygen atoms in total. The molecule has 0 amide bonds. The van der Waals surface area contributed by atoms with Gasteiger partial charge in [-0.05, 0) is 18.9 Å². The van der Waals surface area contributed by atoms with Crippen molar-refractivity contribution in [3.63, 3.8) is 0 Å². The molecular formula is C13H19F3N6OS. The van der Waals surface area contributed by atoms with Crippen molar-refractivity contribution in [3.05, 3.63) is 12.3 Å². The lowest BCUT2D eigenvalue weighted by molar-refractivity contribution is -0.118. The number of nitrogens with one attached hydrogen (secondary N) is 2. The smallest absolute Gasteiger partial charge is 0.408 e. The van der Waals surface area contributed by atoms with Gasteiger partial charge in [0.2, 0.25) is 0 Å². The average molecular weight is 364 g/mol. The standard InChI is InChI=1S/C13H19F3N6OS/c1-23-9(17)4-2-3-7-24-12-19-6-5-10(22-12)21-11(18)20-8-13(14,15)16/h5-6,17H,2-4,7-8H2,1H3,(H3,18,19,20,21,22). The molecule has 0 aliphatic rings. The molecule has 11 heteroatoms. The molecule has 0 aliphatic carbocycles. The van der Waals surface area contributed by atoms with Crippen LogP contribution in [0, 0.1) is 5.41 Å². The number of nitrogens with zero attached hydrogens (tertiary/aromatic N) is 3. The zero-order valence-electron chi connectivity index (χ0n) is 13.1. The molecule has 0 aromatic carbocycles. The Hall–Kier alpha value is -2.04. The number of anilines is 1. The second-order valence-corrected chi connectivity index (χ2v) is 5.66. The van der Waals surface area contributed by atoms with Crippen molar-refractivity contribution in [1.82, 2.24) is 9.97 Å². The third-order valence-electron chi connectivity index (χ3n) is 2.59. The number of aromatic nitrogens is 2. The maximum atomic E-state index is 12.1. The molecule has 0 radical (unpaired) electrons. The Balaban J connectivity index is 2.42. The van der Waals surface area contributed by atoms with Gasteiger partial charge in [0.05, 0.1) is 7.11 Å². The summed E-state index contributed by atoms with van der Waals surface area (Å²) in [6, 6.07) is 1.49. The van der Waals surface area contributed by atoms with Crippen molar-refractivity contribution >= 4 is 29.4 Å². The third-order valence-corrected chi connectivity index (χ3v) is 3.54. The Morgan fingerprint density at radius 2 is 2.21 bits per heavy atom. The van der Waals surface area contributed by atoms with Gasteiger partial charge in [0.15, 0.2) is 17.0 Å². The molecule has 134 valence electrons. The van der Waals surface area contributed by atoms with Gasteiger partial charge in [-0.25, -0.2) is 15.0 Å². The molecule has 0 saturated carbocycles. The van der Waals surface area contributed by atoms with Crippen LogP contribution in [0.15, 0.2) is 22.4 Å². The Morgan fingerprint density at radius 1 is 1.46 bits per heavy atom. The van der Waals surface area contributed by atoms with Crippen LogP contribution in [-0.2, 0) is 4.74 Å². The molecule has 0 spiro atoms. The number of guanidine groups is 1. The minimum Gasteiger partial charge on any atom is -0.484 e. The van der Waals surface area contributed by atoms with E-state index >= 15 is 0 Å². The summed E-state index contributed by atoms with van der Waals surface area (Å²) in [5.74, 6) is 0.908. The SMILES string of the molecule is COC(=N)CCCCSc1nccc(NC(N)=NCC(F)(F)F)n1. The van der Waals surface area contributed by atoms with Crippen LogP contribution in [0.25, 0.3) is 0 Å². The van der Waals surface area contributed by atoms with Crippen LogP contribution in [-0.4, -0.2) is 47.4 Å². The number of halogens is 3. The lowest BCUT2D eigenvalue weighted by Gasteiger charge is -2.07. The number of ether oxygens (including phenoxy) is 1. The maximum absolute atomic E-state index is 12.1. The van der Waals surface area contributed by atoms with Gasteiger partial charge in [-0.1, -0.05) is 11.8 Å². The molecule has 24 heavy (non-hydrogen) atoms. The largest absolute Gasteiger partial charge is 0.484 e. The number of nitrogens with two attached hydrogens (primary N) is 1. The van der Waals surface area contributed by atoms with E-state index in [0.717, 1.165) is 18.6 Å². The molecule has 0 saturated heterocycles. The first kappa shape index (κ1) is 20.0. The van der Waals surface area contributed by atoms with Crippen molar-refractivity contribution in [2.75, 3.05) is 24.7 Å². The van der Waals surface area contributed by atoms with Gasteiger partial charge in [0, 0.05) is 18.4 Å². The van der Waals surface area contributed by atoms with Gasteiger partial charge in [-0.3, -0.25) is 5.41 Å². The van der Waals surface area contributed by atoms with Gasteiger partial charge < -0.3 is 15.8 Å². The summed E-state index contributed by atoms with van der Waals surface area (Å²) in [6.07, 6.45) is -0.680. The Kier molecular flexibility index (Phi) is 8.30. The molecule has 1 heterocycles. The van der Waals surface area contributed by atoms with Crippen LogP contribution >= 0.6 is 11.8 Å². The van der Waals surface area contributed by atoms with Gasteiger partial charge in [0.1, 0.15) is 12.4 Å². The highest BCUT2D eigenvalue weighted by Crippen LogP contribution is 2.17. The molecule has 4 N–H and O–H groups in total. The van der Waals surface area contributed by atoms with E-state index in [9.17, 15) is 13.2 Å². The molecule has 0 bridgehead atoms. The van der Waals surface area contributed by atoms with E-state index in [4.69, 9.17) is 15.9 Å². The summed E-state index contributed by atoms with van der Waals surface area (Å²) in [6.45, 7) is -1.35. The van der Waals surface area contributed by atoms with E-state index in [0.29, 0.717) is 11.6 Å². The van der Waals surface area contributed by atoms with Crippen LogP contribution in [0.5, 0.6) is 0 Å². The van der Waals surface area contributed by atoms with Gasteiger partial charge in [0.25, 0.3) is 0 Å². The Bertz CT molecular complexity index is 567. The fourth-order valence-electron chi connectivity index (χ4n) is 1.48. The van der Waals surface area contributed by atoms with Crippen LogP contribution in [0.3, 0.4) is 0 Å².